The van der Waals surface area contributed by atoms with Gasteiger partial charge in [-0.25, -0.2) is 0 Å². The van der Waals surface area contributed by atoms with Gasteiger partial charge in [-0.3, -0.25) is 9.69 Å². The van der Waals surface area contributed by atoms with Crippen molar-refractivity contribution in [3.63, 3.8) is 0 Å². The number of carbonyl (C=O) groups is 1. The van der Waals surface area contributed by atoms with Gasteiger partial charge in [0.15, 0.2) is 0 Å². The number of hydrogen-bond acceptors (Lipinski definition) is 2. The van der Waals surface area contributed by atoms with E-state index in [1.54, 1.807) is 0 Å². The molecule has 112 valence electrons. The Morgan fingerprint density at radius 2 is 2.11 bits per heavy atom. The summed E-state index contributed by atoms with van der Waals surface area (Å²) in [6.45, 7) is 2.70. The van der Waals surface area contributed by atoms with Crippen LogP contribution in [0.15, 0.2) is 0 Å². The van der Waals surface area contributed by atoms with Crippen LogP contribution in [0, 0.1) is 0 Å². The predicted octanol–water partition coefficient (Wildman–Crippen LogP) is 3.44. The molecule has 1 fully saturated rings. The summed E-state index contributed by atoms with van der Waals surface area (Å²) in [5.74, 6) is -0.834. The molecule has 0 aliphatic carbocycles. The molecule has 1 saturated heterocycles. The maximum absolute atomic E-state index is 12.1. The predicted molar refractivity (Wildman–Crippen MR) is 66.0 cm³/mol. The van der Waals surface area contributed by atoms with E-state index in [0.717, 1.165) is 25.8 Å². The second-order valence-corrected chi connectivity index (χ2v) is 5.34. The summed E-state index contributed by atoms with van der Waals surface area (Å²) >= 11 is 0. The first kappa shape index (κ1) is 16.3. The number of carboxylic acid groups (broad SMARTS) is 1. The summed E-state index contributed by atoms with van der Waals surface area (Å²) in [5.41, 5.74) is 0. The Labute approximate surface area is 111 Å². The molecule has 19 heavy (non-hydrogen) atoms. The second-order valence-electron chi connectivity index (χ2n) is 5.34. The van der Waals surface area contributed by atoms with Crippen LogP contribution < -0.4 is 0 Å². The zero-order valence-electron chi connectivity index (χ0n) is 11.2. The quantitative estimate of drug-likeness (QED) is 0.810. The Bertz CT molecular complexity index is 294. The molecule has 1 aliphatic rings. The van der Waals surface area contributed by atoms with Gasteiger partial charge in [-0.1, -0.05) is 6.42 Å². The minimum absolute atomic E-state index is 0.0204. The maximum atomic E-state index is 12.1. The minimum Gasteiger partial charge on any atom is -0.481 e. The molecule has 0 radical (unpaired) electrons. The van der Waals surface area contributed by atoms with Crippen molar-refractivity contribution in [2.45, 2.75) is 70.1 Å². The normalized spacial score (nSPS) is 23.3. The lowest BCUT2D eigenvalue weighted by atomic mass is 9.96. The van der Waals surface area contributed by atoms with Crippen molar-refractivity contribution < 1.29 is 23.1 Å². The smallest absolute Gasteiger partial charge is 0.389 e. The Morgan fingerprint density at radius 1 is 1.42 bits per heavy atom. The standard InChI is InChI=1S/C13H22F3NO2/c1-10(5-4-7-13(14,15)16)17-8-3-2-6-11(17)9-12(18)19/h10-11H,2-9H2,1H3,(H,18,19). The van der Waals surface area contributed by atoms with Crippen LogP contribution >= 0.6 is 0 Å². The number of likely N-dealkylation sites (tertiary alicyclic amines) is 1. The molecule has 1 N–H and O–H groups in total. The number of carboxylic acids is 1. The molecule has 6 heteroatoms. The molecule has 2 atom stereocenters. The summed E-state index contributed by atoms with van der Waals surface area (Å²) in [7, 11) is 0. The molecule has 0 spiro atoms. The molecule has 0 bridgehead atoms. The molecule has 0 amide bonds. The second kappa shape index (κ2) is 7.12. The summed E-state index contributed by atoms with van der Waals surface area (Å²) in [5, 5.41) is 8.87. The number of halogens is 3. The van der Waals surface area contributed by atoms with Crippen LogP contribution in [0.5, 0.6) is 0 Å². The first-order valence-electron chi connectivity index (χ1n) is 6.84. The summed E-state index contributed by atoms with van der Waals surface area (Å²) < 4.78 is 36.3. The Morgan fingerprint density at radius 3 is 2.68 bits per heavy atom. The third kappa shape index (κ3) is 6.27. The monoisotopic (exact) mass is 281 g/mol. The zero-order valence-corrected chi connectivity index (χ0v) is 11.2. The molecule has 0 aromatic carbocycles. The van der Waals surface area contributed by atoms with Gasteiger partial charge in [-0.2, -0.15) is 13.2 Å². The van der Waals surface area contributed by atoms with Crippen molar-refractivity contribution in [3.8, 4) is 0 Å². The molecule has 0 aromatic rings. The van der Waals surface area contributed by atoms with Crippen LogP contribution in [-0.4, -0.2) is 40.8 Å². The number of alkyl halides is 3. The van der Waals surface area contributed by atoms with E-state index >= 15 is 0 Å². The van der Waals surface area contributed by atoms with E-state index in [9.17, 15) is 18.0 Å². The SMILES string of the molecule is CC(CCCC(F)(F)F)N1CCCCC1CC(=O)O. The first-order chi connectivity index (χ1) is 8.79. The van der Waals surface area contributed by atoms with Crippen LogP contribution in [0.4, 0.5) is 13.2 Å². The van der Waals surface area contributed by atoms with E-state index in [-0.39, 0.29) is 24.9 Å². The maximum Gasteiger partial charge on any atom is 0.389 e. The van der Waals surface area contributed by atoms with E-state index in [1.165, 1.54) is 0 Å². The Hall–Kier alpha value is -0.780. The van der Waals surface area contributed by atoms with Crippen molar-refractivity contribution in [2.24, 2.45) is 0 Å². The number of nitrogens with zero attached hydrogens (tertiary/aromatic N) is 1. The van der Waals surface area contributed by atoms with Gasteiger partial charge >= 0.3 is 12.1 Å². The van der Waals surface area contributed by atoms with Crippen molar-refractivity contribution in [1.29, 1.82) is 0 Å². The molecule has 2 unspecified atom stereocenters. The topological polar surface area (TPSA) is 40.5 Å². The number of aliphatic carboxylic acids is 1. The third-order valence-electron chi connectivity index (χ3n) is 3.73. The minimum atomic E-state index is -4.10. The number of rotatable bonds is 6. The summed E-state index contributed by atoms with van der Waals surface area (Å²) in [6, 6.07) is -0.000799. The molecule has 3 nitrogen and oxygen atoms in total. The number of hydrogen-bond donors (Lipinski definition) is 1. The van der Waals surface area contributed by atoms with E-state index in [2.05, 4.69) is 4.90 Å². The van der Waals surface area contributed by atoms with Crippen LogP contribution in [0.3, 0.4) is 0 Å². The molecule has 1 rings (SSSR count). The van der Waals surface area contributed by atoms with E-state index in [4.69, 9.17) is 5.11 Å². The lowest BCUT2D eigenvalue weighted by molar-refractivity contribution is -0.139. The van der Waals surface area contributed by atoms with Crippen molar-refractivity contribution >= 4 is 5.97 Å². The fourth-order valence-electron chi connectivity index (χ4n) is 2.79. The molecular formula is C13H22F3NO2. The molecule has 0 saturated carbocycles. The van der Waals surface area contributed by atoms with Crippen molar-refractivity contribution in [2.75, 3.05) is 6.54 Å². The Kier molecular flexibility index (Phi) is 6.10. The van der Waals surface area contributed by atoms with Gasteiger partial charge in [0.1, 0.15) is 0 Å². The molecule has 0 aromatic heterocycles. The highest BCUT2D eigenvalue weighted by Gasteiger charge is 2.30. The fourth-order valence-corrected chi connectivity index (χ4v) is 2.79. The van der Waals surface area contributed by atoms with E-state index < -0.39 is 18.6 Å². The highest BCUT2D eigenvalue weighted by atomic mass is 19.4. The highest BCUT2D eigenvalue weighted by molar-refractivity contribution is 5.67. The fraction of sp³-hybridized carbons (Fsp3) is 0.923. The summed E-state index contributed by atoms with van der Waals surface area (Å²) in [4.78, 5) is 12.9. The molecular weight excluding hydrogens is 259 g/mol. The average molecular weight is 281 g/mol. The van der Waals surface area contributed by atoms with Crippen LogP contribution in [0.1, 0.15) is 51.9 Å². The van der Waals surface area contributed by atoms with Crippen molar-refractivity contribution in [1.82, 2.24) is 4.90 Å². The van der Waals surface area contributed by atoms with Gasteiger partial charge < -0.3 is 5.11 Å². The van der Waals surface area contributed by atoms with Crippen LogP contribution in [-0.2, 0) is 4.79 Å². The first-order valence-corrected chi connectivity index (χ1v) is 6.84. The van der Waals surface area contributed by atoms with Gasteiger partial charge in [0, 0.05) is 18.5 Å². The highest BCUT2D eigenvalue weighted by Crippen LogP contribution is 2.27. The lowest BCUT2D eigenvalue weighted by Crippen LogP contribution is -2.46. The summed E-state index contributed by atoms with van der Waals surface area (Å²) in [6.07, 6.45) is -1.35. The van der Waals surface area contributed by atoms with Crippen LogP contribution in [0.25, 0.3) is 0 Å². The molecule has 1 heterocycles. The third-order valence-corrected chi connectivity index (χ3v) is 3.73. The average Bonchev–Trinajstić information content (AvgIpc) is 2.27. The molecule has 1 aliphatic heterocycles. The van der Waals surface area contributed by atoms with Gasteiger partial charge in [0.05, 0.1) is 6.42 Å². The van der Waals surface area contributed by atoms with E-state index in [0.29, 0.717) is 6.42 Å². The van der Waals surface area contributed by atoms with Gasteiger partial charge in [0.2, 0.25) is 0 Å². The van der Waals surface area contributed by atoms with Crippen molar-refractivity contribution in [3.05, 3.63) is 0 Å². The number of piperidine rings is 1. The largest absolute Gasteiger partial charge is 0.481 e. The van der Waals surface area contributed by atoms with E-state index in [1.807, 2.05) is 6.92 Å². The lowest BCUT2D eigenvalue weighted by Gasteiger charge is -2.39. The van der Waals surface area contributed by atoms with Gasteiger partial charge in [-0.15, -0.1) is 0 Å². The van der Waals surface area contributed by atoms with Gasteiger partial charge in [0.25, 0.3) is 0 Å². The van der Waals surface area contributed by atoms with Crippen LogP contribution in [0.2, 0.25) is 0 Å². The van der Waals surface area contributed by atoms with Gasteiger partial charge in [-0.05, 0) is 39.2 Å². The Balaban J connectivity index is 2.43. The zero-order chi connectivity index (χ0) is 14.5.